The van der Waals surface area contributed by atoms with Crippen LogP contribution in [0, 0.1) is 5.92 Å². The third kappa shape index (κ3) is 7.16. The number of amides is 2. The molecule has 2 N–H and O–H groups in total. The summed E-state index contributed by atoms with van der Waals surface area (Å²) >= 11 is 0. The topological polar surface area (TPSA) is 89.5 Å². The lowest BCUT2D eigenvalue weighted by Crippen LogP contribution is -2.27. The Balaban J connectivity index is 2.10. The summed E-state index contributed by atoms with van der Waals surface area (Å²) in [7, 11) is 1.27. The van der Waals surface area contributed by atoms with Crippen LogP contribution in [0.15, 0.2) is 36.5 Å². The molecule has 10 heteroatoms. The molecule has 2 amide bonds. The first-order chi connectivity index (χ1) is 14.5. The smallest absolute Gasteiger partial charge is 0.422 e. The summed E-state index contributed by atoms with van der Waals surface area (Å²) in [5.74, 6) is -0.596. The monoisotopic (exact) mass is 439 g/mol. The number of carbonyl (C=O) groups is 2. The molecule has 2 rings (SSSR count). The van der Waals surface area contributed by atoms with Gasteiger partial charge in [-0.1, -0.05) is 13.8 Å². The molecule has 0 fully saturated rings. The van der Waals surface area contributed by atoms with Gasteiger partial charge in [0.25, 0.3) is 5.91 Å². The van der Waals surface area contributed by atoms with Crippen LogP contribution in [0.1, 0.15) is 42.7 Å². The van der Waals surface area contributed by atoms with Crippen molar-refractivity contribution in [3.63, 3.8) is 0 Å². The third-order valence-corrected chi connectivity index (χ3v) is 4.22. The predicted molar refractivity (Wildman–Crippen MR) is 108 cm³/mol. The van der Waals surface area contributed by atoms with Crippen molar-refractivity contribution >= 4 is 17.6 Å². The van der Waals surface area contributed by atoms with Gasteiger partial charge in [0.05, 0.1) is 13.2 Å². The summed E-state index contributed by atoms with van der Waals surface area (Å²) in [5.41, 5.74) is 0.893. The Bertz CT molecular complexity index is 932. The van der Waals surface area contributed by atoms with Crippen molar-refractivity contribution in [1.29, 1.82) is 0 Å². The highest BCUT2D eigenvalue weighted by Crippen LogP contribution is 2.30. The van der Waals surface area contributed by atoms with Crippen LogP contribution in [0.25, 0.3) is 0 Å². The molecule has 7 nitrogen and oxygen atoms in total. The number of pyridine rings is 1. The zero-order valence-corrected chi connectivity index (χ0v) is 17.5. The Kier molecular flexibility index (Phi) is 7.84. The second-order valence-electron chi connectivity index (χ2n) is 7.08. The largest absolute Gasteiger partial charge is 0.493 e. The maximum absolute atomic E-state index is 12.6. The van der Waals surface area contributed by atoms with Gasteiger partial charge in [-0.3, -0.25) is 9.59 Å². The summed E-state index contributed by atoms with van der Waals surface area (Å²) in [6.45, 7) is 3.80. The van der Waals surface area contributed by atoms with Crippen LogP contribution in [0.2, 0.25) is 0 Å². The molecule has 31 heavy (non-hydrogen) atoms. The van der Waals surface area contributed by atoms with Crippen LogP contribution in [0.3, 0.4) is 0 Å². The fourth-order valence-electron chi connectivity index (χ4n) is 2.51. The Morgan fingerprint density at radius 1 is 1.10 bits per heavy atom. The first-order valence-electron chi connectivity index (χ1n) is 9.45. The average Bonchev–Trinajstić information content (AvgIpc) is 2.71. The van der Waals surface area contributed by atoms with Gasteiger partial charge >= 0.3 is 6.18 Å². The first kappa shape index (κ1) is 24.0. The molecular weight excluding hydrogens is 415 g/mol. The lowest BCUT2D eigenvalue weighted by atomic mass is 10.1. The van der Waals surface area contributed by atoms with E-state index in [1.54, 1.807) is 32.9 Å². The quantitative estimate of drug-likeness (QED) is 0.646. The maximum atomic E-state index is 12.6. The molecule has 0 saturated heterocycles. The Morgan fingerprint density at radius 2 is 1.81 bits per heavy atom. The minimum atomic E-state index is -4.49. The number of ether oxygens (including phenoxy) is 2. The van der Waals surface area contributed by atoms with E-state index >= 15 is 0 Å². The summed E-state index contributed by atoms with van der Waals surface area (Å²) < 4.78 is 46.9. The van der Waals surface area contributed by atoms with Gasteiger partial charge in [0.1, 0.15) is 5.82 Å². The number of nitrogens with zero attached hydrogens (tertiary/aromatic N) is 1. The van der Waals surface area contributed by atoms with Crippen molar-refractivity contribution in [1.82, 2.24) is 10.3 Å². The molecule has 0 aliphatic carbocycles. The normalized spacial score (nSPS) is 12.3. The number of aromatic nitrogens is 1. The molecular formula is C21H24F3N3O4. The number of hydrogen-bond donors (Lipinski definition) is 2. The van der Waals surface area contributed by atoms with E-state index in [-0.39, 0.29) is 28.9 Å². The fraction of sp³-hybridized carbons (Fsp3) is 0.381. The predicted octanol–water partition coefficient (Wildman–Crippen LogP) is 4.12. The molecule has 1 aromatic carbocycles. The number of anilines is 1. The van der Waals surface area contributed by atoms with Gasteiger partial charge in [0, 0.05) is 17.7 Å². The third-order valence-electron chi connectivity index (χ3n) is 4.22. The van der Waals surface area contributed by atoms with E-state index in [0.29, 0.717) is 11.4 Å². The second kappa shape index (κ2) is 10.1. The number of benzene rings is 1. The number of halogens is 3. The number of carbonyl (C=O) groups excluding carboxylic acids is 2. The molecule has 168 valence electrons. The first-order valence-corrected chi connectivity index (χ1v) is 9.45. The highest BCUT2D eigenvalue weighted by Gasteiger charge is 2.29. The summed E-state index contributed by atoms with van der Waals surface area (Å²) in [4.78, 5) is 28.5. The van der Waals surface area contributed by atoms with Crippen LogP contribution in [-0.4, -0.2) is 36.7 Å². The number of nitrogens with one attached hydrogen (secondary N) is 2. The van der Waals surface area contributed by atoms with E-state index in [9.17, 15) is 22.8 Å². The summed E-state index contributed by atoms with van der Waals surface area (Å²) in [6, 6.07) is 6.81. The van der Waals surface area contributed by atoms with Crippen LogP contribution < -0.4 is 20.1 Å². The van der Waals surface area contributed by atoms with E-state index in [0.717, 1.165) is 0 Å². The maximum Gasteiger partial charge on any atom is 0.422 e. The molecule has 1 aromatic heterocycles. The molecule has 1 unspecified atom stereocenters. The number of hydrogen-bond acceptors (Lipinski definition) is 5. The lowest BCUT2D eigenvalue weighted by Gasteiger charge is -2.17. The minimum Gasteiger partial charge on any atom is -0.493 e. The molecule has 1 heterocycles. The fourth-order valence-corrected chi connectivity index (χ4v) is 2.51. The SMILES string of the molecule is COc1cc(C(=O)NC(C)c2ccnc(NC(=O)C(C)C)c2)ccc1OCC(F)(F)F. The molecule has 0 radical (unpaired) electrons. The van der Waals surface area contributed by atoms with Gasteiger partial charge in [-0.05, 0) is 42.8 Å². The molecule has 0 bridgehead atoms. The van der Waals surface area contributed by atoms with E-state index < -0.39 is 24.7 Å². The average molecular weight is 439 g/mol. The van der Waals surface area contributed by atoms with Gasteiger partial charge < -0.3 is 20.1 Å². The Labute approximate surface area is 178 Å². The van der Waals surface area contributed by atoms with Crippen molar-refractivity contribution < 1.29 is 32.2 Å². The number of alkyl halides is 3. The zero-order valence-electron chi connectivity index (χ0n) is 17.5. The van der Waals surface area contributed by atoms with Gasteiger partial charge in [-0.2, -0.15) is 13.2 Å². The van der Waals surface area contributed by atoms with Crippen LogP contribution in [0.4, 0.5) is 19.0 Å². The standard InChI is InChI=1S/C21H24F3N3O4/c1-12(2)19(28)27-18-10-14(7-8-25-18)13(3)26-20(29)15-5-6-16(17(9-15)30-4)31-11-21(22,23)24/h5-10,12-13H,11H2,1-4H3,(H,26,29)(H,25,27,28). The molecule has 1 atom stereocenters. The zero-order chi connectivity index (χ0) is 23.2. The number of rotatable bonds is 8. The molecule has 0 spiro atoms. The van der Waals surface area contributed by atoms with Crippen LogP contribution in [-0.2, 0) is 4.79 Å². The molecule has 0 aliphatic rings. The van der Waals surface area contributed by atoms with Crippen LogP contribution >= 0.6 is 0 Å². The minimum absolute atomic E-state index is 0.00662. The van der Waals surface area contributed by atoms with E-state index in [4.69, 9.17) is 9.47 Å². The van der Waals surface area contributed by atoms with Crippen molar-refractivity contribution in [3.8, 4) is 11.5 Å². The van der Waals surface area contributed by atoms with E-state index in [1.165, 1.54) is 31.5 Å². The molecule has 2 aromatic rings. The van der Waals surface area contributed by atoms with Gasteiger partial charge in [0.15, 0.2) is 18.1 Å². The van der Waals surface area contributed by atoms with Crippen molar-refractivity contribution in [3.05, 3.63) is 47.7 Å². The van der Waals surface area contributed by atoms with Crippen molar-refractivity contribution in [2.75, 3.05) is 19.0 Å². The Hall–Kier alpha value is -3.30. The second-order valence-corrected chi connectivity index (χ2v) is 7.08. The lowest BCUT2D eigenvalue weighted by molar-refractivity contribution is -0.153. The van der Waals surface area contributed by atoms with Gasteiger partial charge in [-0.15, -0.1) is 0 Å². The number of methoxy groups -OCH3 is 1. The Morgan fingerprint density at radius 3 is 2.42 bits per heavy atom. The summed E-state index contributed by atoms with van der Waals surface area (Å²) in [5, 5.41) is 5.48. The summed E-state index contributed by atoms with van der Waals surface area (Å²) in [6.07, 6.45) is -2.97. The van der Waals surface area contributed by atoms with Gasteiger partial charge in [0.2, 0.25) is 5.91 Å². The van der Waals surface area contributed by atoms with Gasteiger partial charge in [-0.25, -0.2) is 4.98 Å². The van der Waals surface area contributed by atoms with E-state index in [1.807, 2.05) is 0 Å². The van der Waals surface area contributed by atoms with Crippen molar-refractivity contribution in [2.24, 2.45) is 5.92 Å². The van der Waals surface area contributed by atoms with Crippen molar-refractivity contribution in [2.45, 2.75) is 33.0 Å². The van der Waals surface area contributed by atoms with E-state index in [2.05, 4.69) is 15.6 Å². The van der Waals surface area contributed by atoms with Crippen LogP contribution in [0.5, 0.6) is 11.5 Å². The highest BCUT2D eigenvalue weighted by atomic mass is 19.4. The molecule has 0 aliphatic heterocycles. The molecule has 0 saturated carbocycles. The highest BCUT2D eigenvalue weighted by molar-refractivity contribution is 5.95.